The van der Waals surface area contributed by atoms with E-state index < -0.39 is 0 Å². The van der Waals surface area contributed by atoms with Crippen molar-refractivity contribution in [1.29, 1.82) is 0 Å². The zero-order valence-electron chi connectivity index (χ0n) is 10.7. The summed E-state index contributed by atoms with van der Waals surface area (Å²) in [6.07, 6.45) is 0. The van der Waals surface area contributed by atoms with Crippen LogP contribution in [0.25, 0.3) is 0 Å². The number of allylic oxidation sites excluding steroid dienone is 2. The minimum atomic E-state index is 0.529. The molecule has 0 bridgehead atoms. The van der Waals surface area contributed by atoms with Crippen molar-refractivity contribution >= 4 is 17.0 Å². The highest BCUT2D eigenvalue weighted by Crippen LogP contribution is 2.40. The minimum absolute atomic E-state index is 0.529. The summed E-state index contributed by atoms with van der Waals surface area (Å²) < 4.78 is 0. The van der Waals surface area contributed by atoms with Crippen LogP contribution in [0.15, 0.2) is 28.4 Å². The van der Waals surface area contributed by atoms with Crippen molar-refractivity contribution in [3.8, 4) is 0 Å². The fraction of sp³-hybridized carbons (Fsp3) is 0.500. The van der Waals surface area contributed by atoms with E-state index in [-0.39, 0.29) is 0 Å². The van der Waals surface area contributed by atoms with Crippen LogP contribution in [0.1, 0.15) is 43.4 Å². The third-order valence-electron chi connectivity index (χ3n) is 3.61. The molecule has 1 aliphatic rings. The van der Waals surface area contributed by atoms with Gasteiger partial charge >= 0.3 is 0 Å². The molecule has 16 heavy (non-hydrogen) atoms. The zero-order chi connectivity index (χ0) is 11.9. The summed E-state index contributed by atoms with van der Waals surface area (Å²) in [6.45, 7) is 11.0. The molecule has 0 fully saturated rings. The normalized spacial score (nSPS) is 25.9. The zero-order valence-corrected chi connectivity index (χ0v) is 11.5. The van der Waals surface area contributed by atoms with Crippen molar-refractivity contribution < 1.29 is 0 Å². The highest BCUT2D eigenvalue weighted by molar-refractivity contribution is 7.12. The first-order valence-electron chi connectivity index (χ1n) is 5.79. The Morgan fingerprint density at radius 1 is 1.12 bits per heavy atom. The standard InChI is InChI=1S/C14H19NS/c1-8-6-7-13(16-8)14-9(2)11(4)15-12(5)10(14)3/h6-7,9,14H,1-5H3. The van der Waals surface area contributed by atoms with Crippen molar-refractivity contribution in [2.24, 2.45) is 10.9 Å². The number of thiophene rings is 1. The summed E-state index contributed by atoms with van der Waals surface area (Å²) in [5.74, 6) is 1.07. The molecule has 0 aliphatic carbocycles. The summed E-state index contributed by atoms with van der Waals surface area (Å²) in [6, 6.07) is 4.49. The second-order valence-electron chi connectivity index (χ2n) is 4.74. The second kappa shape index (κ2) is 4.17. The molecule has 2 unspecified atom stereocenters. The van der Waals surface area contributed by atoms with Crippen LogP contribution in [0, 0.1) is 12.8 Å². The van der Waals surface area contributed by atoms with Crippen LogP contribution in [0.5, 0.6) is 0 Å². The molecule has 2 atom stereocenters. The van der Waals surface area contributed by atoms with Gasteiger partial charge in [0.2, 0.25) is 0 Å². The van der Waals surface area contributed by atoms with Gasteiger partial charge in [0.25, 0.3) is 0 Å². The molecule has 0 saturated carbocycles. The van der Waals surface area contributed by atoms with Crippen LogP contribution >= 0.6 is 11.3 Å². The van der Waals surface area contributed by atoms with Crippen LogP contribution < -0.4 is 0 Å². The van der Waals surface area contributed by atoms with Gasteiger partial charge in [-0.15, -0.1) is 11.3 Å². The number of hydrogen-bond acceptors (Lipinski definition) is 2. The SMILES string of the molecule is CC1=NC(C)=C(C)C(c2ccc(C)s2)C1C. The number of rotatable bonds is 1. The number of aryl methyl sites for hydroxylation is 1. The number of aliphatic imine (C=N–C) groups is 1. The van der Waals surface area contributed by atoms with E-state index in [1.54, 1.807) is 0 Å². The molecule has 2 heterocycles. The van der Waals surface area contributed by atoms with E-state index in [4.69, 9.17) is 0 Å². The maximum atomic E-state index is 4.63. The smallest absolute Gasteiger partial charge is 0.0367 e. The third kappa shape index (κ3) is 1.86. The molecule has 0 spiro atoms. The van der Waals surface area contributed by atoms with E-state index in [2.05, 4.69) is 51.7 Å². The Labute approximate surface area is 102 Å². The predicted octanol–water partition coefficient (Wildman–Crippen LogP) is 4.54. The summed E-state index contributed by atoms with van der Waals surface area (Å²) in [5.41, 5.74) is 3.89. The molecular formula is C14H19NS. The monoisotopic (exact) mass is 233 g/mol. The van der Waals surface area contributed by atoms with Gasteiger partial charge in [0.05, 0.1) is 0 Å². The average molecular weight is 233 g/mol. The summed E-state index contributed by atoms with van der Waals surface area (Å²) >= 11 is 1.92. The summed E-state index contributed by atoms with van der Waals surface area (Å²) in [7, 11) is 0. The average Bonchev–Trinajstić information content (AvgIpc) is 2.62. The third-order valence-corrected chi connectivity index (χ3v) is 4.69. The van der Waals surface area contributed by atoms with Crippen LogP contribution in [-0.4, -0.2) is 5.71 Å². The van der Waals surface area contributed by atoms with Crippen LogP contribution in [0.3, 0.4) is 0 Å². The van der Waals surface area contributed by atoms with Gasteiger partial charge in [-0.3, -0.25) is 4.99 Å². The Morgan fingerprint density at radius 2 is 1.81 bits per heavy atom. The van der Waals surface area contributed by atoms with E-state index in [1.165, 1.54) is 26.7 Å². The van der Waals surface area contributed by atoms with Crippen molar-refractivity contribution in [2.75, 3.05) is 0 Å². The van der Waals surface area contributed by atoms with Gasteiger partial charge in [-0.2, -0.15) is 0 Å². The van der Waals surface area contributed by atoms with E-state index in [9.17, 15) is 0 Å². The van der Waals surface area contributed by atoms with Gasteiger partial charge in [-0.1, -0.05) is 6.92 Å². The number of hydrogen-bond donors (Lipinski definition) is 0. The first-order valence-corrected chi connectivity index (χ1v) is 6.61. The van der Waals surface area contributed by atoms with Crippen molar-refractivity contribution in [3.05, 3.63) is 33.2 Å². The highest BCUT2D eigenvalue weighted by atomic mass is 32.1. The highest BCUT2D eigenvalue weighted by Gasteiger charge is 2.28. The lowest BCUT2D eigenvalue weighted by Crippen LogP contribution is -2.22. The van der Waals surface area contributed by atoms with Gasteiger partial charge in [0.1, 0.15) is 0 Å². The van der Waals surface area contributed by atoms with Gasteiger partial charge < -0.3 is 0 Å². The van der Waals surface area contributed by atoms with Crippen molar-refractivity contribution in [3.63, 3.8) is 0 Å². The quantitative estimate of drug-likeness (QED) is 0.675. The molecule has 2 rings (SSSR count). The Balaban J connectivity index is 2.45. The van der Waals surface area contributed by atoms with Crippen LogP contribution in [0.4, 0.5) is 0 Å². The Morgan fingerprint density at radius 3 is 2.38 bits per heavy atom. The summed E-state index contributed by atoms with van der Waals surface area (Å²) in [5, 5.41) is 0. The van der Waals surface area contributed by atoms with Crippen molar-refractivity contribution in [1.82, 2.24) is 0 Å². The largest absolute Gasteiger partial charge is 0.263 e. The molecule has 1 aromatic rings. The molecule has 1 nitrogen and oxygen atoms in total. The fourth-order valence-electron chi connectivity index (χ4n) is 2.38. The van der Waals surface area contributed by atoms with Crippen LogP contribution in [-0.2, 0) is 0 Å². The maximum absolute atomic E-state index is 4.63. The van der Waals surface area contributed by atoms with Gasteiger partial charge in [-0.05, 0) is 45.4 Å². The predicted molar refractivity (Wildman–Crippen MR) is 72.4 cm³/mol. The van der Waals surface area contributed by atoms with Crippen LogP contribution in [0.2, 0.25) is 0 Å². The van der Waals surface area contributed by atoms with E-state index in [0.29, 0.717) is 11.8 Å². The molecule has 2 heteroatoms. The fourth-order valence-corrected chi connectivity index (χ4v) is 3.53. The van der Waals surface area contributed by atoms with Crippen molar-refractivity contribution in [2.45, 2.75) is 40.5 Å². The first kappa shape index (κ1) is 11.6. The lowest BCUT2D eigenvalue weighted by atomic mass is 9.81. The molecular weight excluding hydrogens is 214 g/mol. The van der Waals surface area contributed by atoms with E-state index >= 15 is 0 Å². The Kier molecular flexibility index (Phi) is 3.02. The van der Waals surface area contributed by atoms with Gasteiger partial charge in [-0.25, -0.2) is 0 Å². The summed E-state index contributed by atoms with van der Waals surface area (Å²) in [4.78, 5) is 7.51. The molecule has 1 aliphatic heterocycles. The molecule has 0 N–H and O–H groups in total. The molecule has 0 radical (unpaired) electrons. The minimum Gasteiger partial charge on any atom is -0.263 e. The topological polar surface area (TPSA) is 12.4 Å². The molecule has 1 aromatic heterocycles. The maximum Gasteiger partial charge on any atom is 0.0367 e. The molecule has 0 amide bonds. The molecule has 0 saturated heterocycles. The Hall–Kier alpha value is -0.890. The second-order valence-corrected chi connectivity index (χ2v) is 6.06. The first-order chi connectivity index (χ1) is 7.50. The molecule has 86 valence electrons. The van der Waals surface area contributed by atoms with E-state index in [0.717, 1.165) is 0 Å². The number of nitrogens with zero attached hydrogens (tertiary/aromatic N) is 1. The van der Waals surface area contributed by atoms with Gasteiger partial charge in [0, 0.05) is 33.0 Å². The lowest BCUT2D eigenvalue weighted by molar-refractivity contribution is 0.632. The van der Waals surface area contributed by atoms with Gasteiger partial charge in [0.15, 0.2) is 0 Å². The molecule has 0 aromatic carbocycles. The lowest BCUT2D eigenvalue weighted by Gasteiger charge is -2.29. The van der Waals surface area contributed by atoms with E-state index in [1.807, 2.05) is 11.3 Å². The Bertz CT molecular complexity index is 465.